The van der Waals surface area contributed by atoms with E-state index in [1.807, 2.05) is 41.0 Å². The quantitative estimate of drug-likeness (QED) is 0.448. The second-order valence-electron chi connectivity index (χ2n) is 5.63. The van der Waals surface area contributed by atoms with Crippen molar-refractivity contribution in [3.63, 3.8) is 0 Å². The Bertz CT molecular complexity index is 900. The number of ether oxygens (including phenoxy) is 2. The third-order valence-electron chi connectivity index (χ3n) is 3.91. The Morgan fingerprint density at radius 2 is 1.78 bits per heavy atom. The molecule has 0 fully saturated rings. The Labute approximate surface area is 172 Å². The maximum absolute atomic E-state index is 6.24. The van der Waals surface area contributed by atoms with E-state index in [0.717, 1.165) is 34.6 Å². The van der Waals surface area contributed by atoms with Crippen molar-refractivity contribution in [1.82, 2.24) is 14.8 Å². The van der Waals surface area contributed by atoms with Crippen molar-refractivity contribution in [2.24, 2.45) is 0 Å². The molecule has 0 aliphatic carbocycles. The van der Waals surface area contributed by atoms with Gasteiger partial charge in [0.15, 0.2) is 11.0 Å². The first-order valence-corrected chi connectivity index (χ1v) is 10.1. The van der Waals surface area contributed by atoms with Crippen molar-refractivity contribution < 1.29 is 9.47 Å². The highest BCUT2D eigenvalue weighted by Crippen LogP contribution is 2.28. The van der Waals surface area contributed by atoms with Crippen LogP contribution in [0.1, 0.15) is 18.3 Å². The average Bonchev–Trinajstić information content (AvgIpc) is 3.08. The summed E-state index contributed by atoms with van der Waals surface area (Å²) in [5, 5.41) is 10.7. The lowest BCUT2D eigenvalue weighted by atomic mass is 10.2. The summed E-state index contributed by atoms with van der Waals surface area (Å²) in [5.74, 6) is 3.01. The van der Waals surface area contributed by atoms with Gasteiger partial charge in [-0.05, 0) is 48.9 Å². The number of hydrogen-bond acceptors (Lipinski definition) is 5. The number of aromatic nitrogens is 3. The van der Waals surface area contributed by atoms with E-state index in [9.17, 15) is 0 Å². The van der Waals surface area contributed by atoms with Crippen LogP contribution in [0.2, 0.25) is 10.0 Å². The van der Waals surface area contributed by atoms with Crippen LogP contribution >= 0.6 is 35.0 Å². The fourth-order valence-corrected chi connectivity index (χ4v) is 4.03. The molecule has 1 aromatic heterocycles. The summed E-state index contributed by atoms with van der Waals surface area (Å²) in [6, 6.07) is 13.0. The van der Waals surface area contributed by atoms with Gasteiger partial charge in [-0.15, -0.1) is 10.2 Å². The number of hydrogen-bond donors (Lipinski definition) is 0. The van der Waals surface area contributed by atoms with E-state index in [1.54, 1.807) is 24.9 Å². The normalized spacial score (nSPS) is 10.8. The second-order valence-corrected chi connectivity index (χ2v) is 7.42. The molecule has 0 saturated heterocycles. The van der Waals surface area contributed by atoms with Crippen LogP contribution in [0.25, 0.3) is 0 Å². The molecule has 27 heavy (non-hydrogen) atoms. The molecule has 0 amide bonds. The van der Waals surface area contributed by atoms with Gasteiger partial charge >= 0.3 is 0 Å². The van der Waals surface area contributed by atoms with Crippen molar-refractivity contribution in [3.8, 4) is 11.5 Å². The molecule has 0 aliphatic heterocycles. The van der Waals surface area contributed by atoms with E-state index in [2.05, 4.69) is 17.1 Å². The largest absolute Gasteiger partial charge is 0.497 e. The molecule has 0 aliphatic rings. The van der Waals surface area contributed by atoms with Crippen LogP contribution in [0.15, 0.2) is 47.6 Å². The fraction of sp³-hybridized carbons (Fsp3) is 0.263. The number of methoxy groups -OCH3 is 1. The highest BCUT2D eigenvalue weighted by Gasteiger charge is 2.13. The van der Waals surface area contributed by atoms with Crippen LogP contribution in [-0.4, -0.2) is 21.9 Å². The molecule has 5 nitrogen and oxygen atoms in total. The molecule has 0 radical (unpaired) electrons. The molecule has 2 aromatic carbocycles. The van der Waals surface area contributed by atoms with Gasteiger partial charge < -0.3 is 14.0 Å². The van der Waals surface area contributed by atoms with E-state index in [4.69, 9.17) is 32.7 Å². The number of halogens is 2. The predicted molar refractivity (Wildman–Crippen MR) is 109 cm³/mol. The maximum Gasteiger partial charge on any atom is 0.191 e. The van der Waals surface area contributed by atoms with Gasteiger partial charge in [-0.2, -0.15) is 0 Å². The van der Waals surface area contributed by atoms with Gasteiger partial charge in [-0.1, -0.05) is 41.0 Å². The Morgan fingerprint density at radius 1 is 1.04 bits per heavy atom. The third-order valence-corrected chi connectivity index (χ3v) is 5.51. The molecular formula is C19H19Cl2N3O2S. The lowest BCUT2D eigenvalue weighted by Gasteiger charge is -2.09. The summed E-state index contributed by atoms with van der Waals surface area (Å²) < 4.78 is 13.0. The van der Waals surface area contributed by atoms with Gasteiger partial charge in [-0.3, -0.25) is 0 Å². The Hall–Kier alpha value is -1.89. The van der Waals surface area contributed by atoms with E-state index in [1.165, 1.54) is 0 Å². The number of rotatable bonds is 8. The summed E-state index contributed by atoms with van der Waals surface area (Å²) in [4.78, 5) is 0. The van der Waals surface area contributed by atoms with Gasteiger partial charge in [0.1, 0.15) is 18.1 Å². The minimum atomic E-state index is 0.343. The summed E-state index contributed by atoms with van der Waals surface area (Å²) in [7, 11) is 1.63. The second kappa shape index (κ2) is 9.35. The minimum absolute atomic E-state index is 0.343. The van der Waals surface area contributed by atoms with Crippen LogP contribution in [0.5, 0.6) is 11.5 Å². The van der Waals surface area contributed by atoms with E-state index in [0.29, 0.717) is 22.4 Å². The molecule has 3 rings (SSSR count). The van der Waals surface area contributed by atoms with E-state index in [-0.39, 0.29) is 0 Å². The Balaban J connectivity index is 1.64. The number of thioether (sulfide) groups is 1. The summed E-state index contributed by atoms with van der Waals surface area (Å²) in [6.07, 6.45) is 0. The molecule has 3 aromatic rings. The van der Waals surface area contributed by atoms with Crippen molar-refractivity contribution in [1.29, 1.82) is 0 Å². The maximum atomic E-state index is 6.24. The van der Waals surface area contributed by atoms with Gasteiger partial charge in [0.05, 0.1) is 7.11 Å². The lowest BCUT2D eigenvalue weighted by molar-refractivity contribution is 0.287. The van der Waals surface area contributed by atoms with Crippen LogP contribution in [0, 0.1) is 0 Å². The highest BCUT2D eigenvalue weighted by molar-refractivity contribution is 7.98. The molecule has 8 heteroatoms. The van der Waals surface area contributed by atoms with Crippen molar-refractivity contribution in [3.05, 3.63) is 63.9 Å². The first kappa shape index (κ1) is 19.9. The Morgan fingerprint density at radius 3 is 2.44 bits per heavy atom. The van der Waals surface area contributed by atoms with E-state index < -0.39 is 0 Å². The molecule has 1 heterocycles. The van der Waals surface area contributed by atoms with Crippen LogP contribution in [-0.2, 0) is 18.9 Å². The average molecular weight is 424 g/mol. The van der Waals surface area contributed by atoms with Crippen molar-refractivity contribution in [2.45, 2.75) is 31.0 Å². The van der Waals surface area contributed by atoms with Gasteiger partial charge in [-0.25, -0.2) is 0 Å². The predicted octanol–water partition coefficient (Wildman–Crippen LogP) is 5.48. The molecule has 0 spiro atoms. The standard InChI is InChI=1S/C19H19Cl2N3O2S/c1-3-24-18(11-26-16-8-6-15(25-2)7-9-16)22-23-19(24)27-12-13-4-5-14(20)10-17(13)21/h4-10H,3,11-12H2,1-2H3. The zero-order chi connectivity index (χ0) is 19.2. The fourth-order valence-electron chi connectivity index (χ4n) is 2.45. The smallest absolute Gasteiger partial charge is 0.191 e. The molecular weight excluding hydrogens is 405 g/mol. The topological polar surface area (TPSA) is 49.2 Å². The minimum Gasteiger partial charge on any atom is -0.497 e. The van der Waals surface area contributed by atoms with Crippen LogP contribution < -0.4 is 9.47 Å². The third kappa shape index (κ3) is 5.09. The molecule has 0 bridgehead atoms. The highest BCUT2D eigenvalue weighted by atomic mass is 35.5. The molecule has 0 saturated carbocycles. The van der Waals surface area contributed by atoms with Gasteiger partial charge in [0, 0.05) is 22.3 Å². The number of benzene rings is 2. The van der Waals surface area contributed by atoms with Crippen molar-refractivity contribution in [2.75, 3.05) is 7.11 Å². The summed E-state index contributed by atoms with van der Waals surface area (Å²) >= 11 is 13.8. The van der Waals surface area contributed by atoms with Gasteiger partial charge in [0.2, 0.25) is 0 Å². The monoisotopic (exact) mass is 423 g/mol. The van der Waals surface area contributed by atoms with E-state index >= 15 is 0 Å². The molecule has 0 N–H and O–H groups in total. The van der Waals surface area contributed by atoms with Gasteiger partial charge in [0.25, 0.3) is 0 Å². The lowest BCUT2D eigenvalue weighted by Crippen LogP contribution is -2.07. The zero-order valence-electron chi connectivity index (χ0n) is 15.0. The molecule has 0 atom stereocenters. The zero-order valence-corrected chi connectivity index (χ0v) is 17.3. The number of nitrogens with zero attached hydrogens (tertiary/aromatic N) is 3. The van der Waals surface area contributed by atoms with Crippen LogP contribution in [0.4, 0.5) is 0 Å². The first-order valence-electron chi connectivity index (χ1n) is 8.36. The Kier molecular flexibility index (Phi) is 6.88. The van der Waals surface area contributed by atoms with Crippen LogP contribution in [0.3, 0.4) is 0 Å². The summed E-state index contributed by atoms with van der Waals surface area (Å²) in [6.45, 7) is 3.15. The SMILES string of the molecule is CCn1c(COc2ccc(OC)cc2)nnc1SCc1ccc(Cl)cc1Cl. The molecule has 142 valence electrons. The summed E-state index contributed by atoms with van der Waals surface area (Å²) in [5.41, 5.74) is 1.01. The van der Waals surface area contributed by atoms with Crippen molar-refractivity contribution >= 4 is 35.0 Å². The molecule has 0 unspecified atom stereocenters. The first-order chi connectivity index (χ1) is 13.1.